The molecule has 3 aromatic rings. The number of anilines is 3. The average Bonchev–Trinajstić information content (AvgIpc) is 3.46. The zero-order valence-corrected chi connectivity index (χ0v) is 23.6. The van der Waals surface area contributed by atoms with Crippen LogP contribution in [0.5, 0.6) is 0 Å². The molecule has 2 fully saturated rings. The molecule has 7 rings (SSSR count). The molecule has 2 saturated heterocycles. The number of aromatic nitrogens is 3. The molecule has 0 radical (unpaired) electrons. The molecule has 40 heavy (non-hydrogen) atoms. The molecule has 0 amide bonds. The Hall–Kier alpha value is -3.15. The molecule has 11 heteroatoms. The molecule has 0 aliphatic carbocycles. The summed E-state index contributed by atoms with van der Waals surface area (Å²) in [6, 6.07) is 9.70. The van der Waals surface area contributed by atoms with Gasteiger partial charge in [-0.1, -0.05) is 0 Å². The summed E-state index contributed by atoms with van der Waals surface area (Å²) < 4.78 is 35.5. The zero-order valence-electron chi connectivity index (χ0n) is 22.8. The summed E-state index contributed by atoms with van der Waals surface area (Å²) in [6.07, 6.45) is 12.5. The highest BCUT2D eigenvalue weighted by Gasteiger charge is 2.25. The normalized spacial score (nSPS) is 21.7. The van der Waals surface area contributed by atoms with E-state index in [1.54, 1.807) is 6.07 Å². The molecule has 4 aliphatic heterocycles. The first-order chi connectivity index (χ1) is 19.5. The predicted molar refractivity (Wildman–Crippen MR) is 157 cm³/mol. The van der Waals surface area contributed by atoms with Gasteiger partial charge in [0.2, 0.25) is 10.0 Å². The second-order valence-corrected chi connectivity index (χ2v) is 12.9. The molecule has 2 N–H and O–H groups in total. The topological polar surface area (TPSA) is 113 Å². The van der Waals surface area contributed by atoms with Gasteiger partial charge in [-0.05, 0) is 80.3 Å². The van der Waals surface area contributed by atoms with Gasteiger partial charge in [0.1, 0.15) is 5.82 Å². The Labute approximate surface area is 236 Å². The van der Waals surface area contributed by atoms with Gasteiger partial charge in [0, 0.05) is 50.7 Å². The maximum Gasteiger partial charge on any atom is 0.234 e. The van der Waals surface area contributed by atoms with E-state index in [4.69, 9.17) is 19.9 Å². The Balaban J connectivity index is 1.37. The average molecular weight is 567 g/mol. The molecule has 1 unspecified atom stereocenters. The zero-order chi connectivity index (χ0) is 27.5. The highest BCUT2D eigenvalue weighted by atomic mass is 32.2. The van der Waals surface area contributed by atoms with Crippen LogP contribution in [0.3, 0.4) is 0 Å². The molecule has 2 aromatic heterocycles. The maximum atomic E-state index is 12.4. The number of rotatable bonds is 4. The molecule has 10 nitrogen and oxygen atoms in total. The fourth-order valence-corrected chi connectivity index (χ4v) is 6.98. The van der Waals surface area contributed by atoms with Crippen LogP contribution in [0.15, 0.2) is 48.9 Å². The fraction of sp³-hybridized carbons (Fsp3) is 0.517. The lowest BCUT2D eigenvalue weighted by atomic mass is 9.93. The number of nitrogens with zero attached hydrogens (tertiary/aromatic N) is 5. The summed E-state index contributed by atoms with van der Waals surface area (Å²) in [5.41, 5.74) is 4.32. The molecule has 4 aliphatic rings. The van der Waals surface area contributed by atoms with Crippen molar-refractivity contribution < 1.29 is 18.3 Å². The first kappa shape index (κ1) is 27.0. The second kappa shape index (κ2) is 11.8. The van der Waals surface area contributed by atoms with E-state index in [1.165, 1.54) is 19.3 Å². The van der Waals surface area contributed by atoms with Crippen molar-refractivity contribution in [1.29, 1.82) is 0 Å². The van der Waals surface area contributed by atoms with Gasteiger partial charge in [-0.3, -0.25) is 4.72 Å². The Morgan fingerprint density at radius 1 is 0.975 bits per heavy atom. The lowest BCUT2D eigenvalue weighted by Crippen LogP contribution is -2.38. The third kappa shape index (κ3) is 6.11. The molecule has 6 heterocycles. The van der Waals surface area contributed by atoms with Crippen molar-refractivity contribution in [2.24, 2.45) is 5.92 Å². The maximum absolute atomic E-state index is 12.4. The lowest BCUT2D eigenvalue weighted by Gasteiger charge is -2.35. The summed E-state index contributed by atoms with van der Waals surface area (Å²) in [5, 5.41) is 13.9. The Morgan fingerprint density at radius 3 is 2.67 bits per heavy atom. The van der Waals surface area contributed by atoms with Gasteiger partial charge >= 0.3 is 0 Å². The van der Waals surface area contributed by atoms with Gasteiger partial charge in [-0.25, -0.2) is 18.1 Å². The summed E-state index contributed by atoms with van der Waals surface area (Å²) in [5.74, 6) is 1.32. The molecule has 0 saturated carbocycles. The van der Waals surface area contributed by atoms with E-state index in [1.807, 2.05) is 41.5 Å². The summed E-state index contributed by atoms with van der Waals surface area (Å²) in [6.45, 7) is 4.04. The van der Waals surface area contributed by atoms with Crippen LogP contribution < -0.4 is 14.5 Å². The molecule has 1 atom stereocenters. The van der Waals surface area contributed by atoms with Gasteiger partial charge in [0.05, 0.1) is 41.7 Å². The number of ether oxygens (including phenoxy) is 1. The molecule has 0 spiro atoms. The number of piperidine rings is 2. The SMILES string of the molecule is O=S(=O)(CCO)Nc1ccc2c(c1)N1CCC(CC1)OCCCC1CCCN(C1)c1cc(ccn1)-c1cnn-2c1. The van der Waals surface area contributed by atoms with Crippen molar-refractivity contribution in [3.05, 3.63) is 48.9 Å². The van der Waals surface area contributed by atoms with Gasteiger partial charge in [-0.15, -0.1) is 0 Å². The summed E-state index contributed by atoms with van der Waals surface area (Å²) in [7, 11) is -3.64. The van der Waals surface area contributed by atoms with Crippen LogP contribution >= 0.6 is 0 Å². The minimum Gasteiger partial charge on any atom is -0.395 e. The number of fused-ring (bicyclic) bond motifs is 5. The number of benzene rings is 1. The summed E-state index contributed by atoms with van der Waals surface area (Å²) in [4.78, 5) is 9.41. The molecular formula is C29H38N6O4S. The highest BCUT2D eigenvalue weighted by molar-refractivity contribution is 7.92. The Bertz CT molecular complexity index is 1420. The van der Waals surface area contributed by atoms with E-state index in [2.05, 4.69) is 20.6 Å². The Kier molecular flexibility index (Phi) is 7.95. The first-order valence-electron chi connectivity index (χ1n) is 14.4. The minimum atomic E-state index is -3.64. The van der Waals surface area contributed by atoms with Crippen LogP contribution in [-0.4, -0.2) is 79.5 Å². The van der Waals surface area contributed by atoms with Crippen LogP contribution in [0, 0.1) is 5.92 Å². The third-order valence-corrected chi connectivity index (χ3v) is 9.52. The van der Waals surface area contributed by atoms with Crippen LogP contribution in [0.25, 0.3) is 16.8 Å². The second-order valence-electron chi connectivity index (χ2n) is 11.1. The van der Waals surface area contributed by atoms with Gasteiger partial charge in [0.25, 0.3) is 0 Å². The van der Waals surface area contributed by atoms with E-state index in [9.17, 15) is 8.42 Å². The standard InChI is InChI=1S/C29H38N6O4S/c36-14-16-40(37,38)32-25-5-6-27-28(18-25)33-12-8-26(9-13-33)39-15-2-4-22-3-1-11-34(20-22)29-17-23(7-10-30-29)24-19-31-35(27)21-24/h5-7,10,17-19,21-22,26,32,36H,1-4,8-9,11-16,20H2. The van der Waals surface area contributed by atoms with E-state index in [-0.39, 0.29) is 11.9 Å². The van der Waals surface area contributed by atoms with Crippen molar-refractivity contribution in [3.63, 3.8) is 0 Å². The number of sulfonamides is 1. The quantitative estimate of drug-likeness (QED) is 0.492. The number of hydrogen-bond donors (Lipinski definition) is 2. The predicted octanol–water partition coefficient (Wildman–Crippen LogP) is 3.66. The summed E-state index contributed by atoms with van der Waals surface area (Å²) >= 11 is 0. The van der Waals surface area contributed by atoms with Crippen LogP contribution in [0.1, 0.15) is 38.5 Å². The van der Waals surface area contributed by atoms with Crippen LogP contribution in [0.2, 0.25) is 0 Å². The smallest absolute Gasteiger partial charge is 0.234 e. The van der Waals surface area contributed by atoms with Gasteiger partial charge in [0.15, 0.2) is 0 Å². The number of aliphatic hydroxyl groups excluding tert-OH is 1. The molecule has 1 aromatic carbocycles. The minimum absolute atomic E-state index is 0.234. The van der Waals surface area contributed by atoms with Crippen molar-refractivity contribution in [3.8, 4) is 16.8 Å². The largest absolute Gasteiger partial charge is 0.395 e. The number of hydrogen-bond acceptors (Lipinski definition) is 8. The fourth-order valence-electron chi connectivity index (χ4n) is 6.15. The monoisotopic (exact) mass is 566 g/mol. The first-order valence-corrected chi connectivity index (χ1v) is 16.0. The van der Waals surface area contributed by atoms with Crippen LogP contribution in [-0.2, 0) is 14.8 Å². The van der Waals surface area contributed by atoms with Crippen molar-refractivity contribution in [2.45, 2.75) is 44.6 Å². The Morgan fingerprint density at radius 2 is 1.82 bits per heavy atom. The molecular weight excluding hydrogens is 528 g/mol. The van der Waals surface area contributed by atoms with Gasteiger partial charge < -0.3 is 19.6 Å². The van der Waals surface area contributed by atoms with E-state index >= 15 is 0 Å². The lowest BCUT2D eigenvalue weighted by molar-refractivity contribution is 0.0330. The van der Waals surface area contributed by atoms with E-state index < -0.39 is 16.6 Å². The van der Waals surface area contributed by atoms with Gasteiger partial charge in [-0.2, -0.15) is 5.10 Å². The van der Waals surface area contributed by atoms with Crippen molar-refractivity contribution in [1.82, 2.24) is 14.8 Å². The van der Waals surface area contributed by atoms with Crippen LogP contribution in [0.4, 0.5) is 17.2 Å². The molecule has 214 valence electrons. The van der Waals surface area contributed by atoms with E-state index in [0.717, 1.165) is 80.4 Å². The number of aliphatic hydroxyl groups is 1. The third-order valence-electron chi connectivity index (χ3n) is 8.25. The van der Waals surface area contributed by atoms with Crippen molar-refractivity contribution in [2.75, 3.05) is 59.7 Å². The van der Waals surface area contributed by atoms with Crippen molar-refractivity contribution >= 4 is 27.2 Å². The number of pyridine rings is 1. The number of nitrogens with one attached hydrogen (secondary N) is 1. The van der Waals surface area contributed by atoms with E-state index in [0.29, 0.717) is 11.6 Å². The highest BCUT2D eigenvalue weighted by Crippen LogP contribution is 2.33. The molecule has 8 bridgehead atoms.